The summed E-state index contributed by atoms with van der Waals surface area (Å²) in [5.41, 5.74) is 0.499. The van der Waals surface area contributed by atoms with E-state index < -0.39 is 0 Å². The number of anilines is 1. The molecule has 0 aromatic heterocycles. The third-order valence-electron chi connectivity index (χ3n) is 2.94. The normalized spacial score (nSPS) is 17.9. The third-order valence-corrected chi connectivity index (χ3v) is 3.51. The molecule has 1 fully saturated rings. The van der Waals surface area contributed by atoms with Gasteiger partial charge in [-0.05, 0) is 37.6 Å². The van der Waals surface area contributed by atoms with Gasteiger partial charge >= 0.3 is 0 Å². The van der Waals surface area contributed by atoms with E-state index in [1.165, 1.54) is 12.1 Å². The molecule has 1 saturated heterocycles. The Labute approximate surface area is 127 Å². The van der Waals surface area contributed by atoms with Gasteiger partial charge in [-0.3, -0.25) is 4.79 Å². The molecule has 3 N–H and O–H groups in total. The zero-order valence-electron chi connectivity index (χ0n) is 10.1. The highest BCUT2D eigenvalue weighted by Gasteiger charge is 2.18. The van der Waals surface area contributed by atoms with Crippen molar-refractivity contribution in [3.05, 3.63) is 22.2 Å². The van der Waals surface area contributed by atoms with Gasteiger partial charge in [-0.15, -0.1) is 12.4 Å². The number of carbonyl (C=O) groups is 1. The van der Waals surface area contributed by atoms with Gasteiger partial charge in [0, 0.05) is 12.1 Å². The molecule has 1 atom stereocenters. The molecule has 19 heavy (non-hydrogen) atoms. The van der Waals surface area contributed by atoms with Crippen molar-refractivity contribution in [2.45, 2.75) is 12.8 Å². The highest BCUT2D eigenvalue weighted by Crippen LogP contribution is 2.34. The fraction of sp³-hybridized carbons (Fsp3) is 0.417. The van der Waals surface area contributed by atoms with Crippen molar-refractivity contribution in [1.29, 1.82) is 0 Å². The number of rotatable bonds is 3. The van der Waals surface area contributed by atoms with Crippen LogP contribution in [0.25, 0.3) is 0 Å². The number of nitrogens with one attached hydrogen (secondary N) is 2. The molecule has 1 unspecified atom stereocenters. The van der Waals surface area contributed by atoms with Gasteiger partial charge in [-0.2, -0.15) is 0 Å². The third kappa shape index (κ3) is 4.42. The lowest BCUT2D eigenvalue weighted by Crippen LogP contribution is -2.18. The number of halogens is 3. The maximum atomic E-state index is 11.8. The van der Waals surface area contributed by atoms with Crippen molar-refractivity contribution in [2.24, 2.45) is 5.92 Å². The molecule has 0 radical (unpaired) electrons. The number of hydrogen-bond acceptors (Lipinski definition) is 3. The summed E-state index contributed by atoms with van der Waals surface area (Å²) in [4.78, 5) is 11.8. The van der Waals surface area contributed by atoms with Crippen molar-refractivity contribution < 1.29 is 9.90 Å². The van der Waals surface area contributed by atoms with Crippen LogP contribution in [0, 0.1) is 5.92 Å². The number of phenols is 1. The Bertz CT molecular complexity index is 439. The molecular formula is C12H15Cl3N2O2. The van der Waals surface area contributed by atoms with Crippen LogP contribution in [0.15, 0.2) is 12.1 Å². The van der Waals surface area contributed by atoms with Crippen LogP contribution in [-0.2, 0) is 4.79 Å². The monoisotopic (exact) mass is 324 g/mol. The van der Waals surface area contributed by atoms with Gasteiger partial charge in [0.05, 0.1) is 10.0 Å². The smallest absolute Gasteiger partial charge is 0.224 e. The molecule has 7 heteroatoms. The van der Waals surface area contributed by atoms with Crippen LogP contribution in [0.5, 0.6) is 5.75 Å². The lowest BCUT2D eigenvalue weighted by atomic mass is 10.0. The molecule has 0 bridgehead atoms. The Hall–Kier alpha value is -0.680. The van der Waals surface area contributed by atoms with E-state index in [0.717, 1.165) is 19.5 Å². The minimum Gasteiger partial charge on any atom is -0.505 e. The van der Waals surface area contributed by atoms with Crippen molar-refractivity contribution >= 4 is 47.2 Å². The number of carbonyl (C=O) groups excluding carboxylic acids is 1. The quantitative estimate of drug-likeness (QED) is 0.749. The molecule has 1 aliphatic heterocycles. The van der Waals surface area contributed by atoms with Gasteiger partial charge in [0.1, 0.15) is 0 Å². The summed E-state index contributed by atoms with van der Waals surface area (Å²) in [5, 5.41) is 15.6. The first-order chi connectivity index (χ1) is 8.56. The van der Waals surface area contributed by atoms with Crippen LogP contribution in [-0.4, -0.2) is 24.1 Å². The molecular weight excluding hydrogens is 311 g/mol. The van der Waals surface area contributed by atoms with Gasteiger partial charge in [0.15, 0.2) is 5.75 Å². The van der Waals surface area contributed by atoms with E-state index in [4.69, 9.17) is 23.2 Å². The van der Waals surface area contributed by atoms with E-state index >= 15 is 0 Å². The Balaban J connectivity index is 0.00000180. The van der Waals surface area contributed by atoms with E-state index in [1.54, 1.807) is 0 Å². The van der Waals surface area contributed by atoms with E-state index in [0.29, 0.717) is 18.0 Å². The SMILES string of the molecule is Cl.O=C(CC1CCNC1)Nc1cc(Cl)c(O)c(Cl)c1. The fourth-order valence-corrected chi connectivity index (χ4v) is 2.49. The summed E-state index contributed by atoms with van der Waals surface area (Å²) in [5.74, 6) is 0.144. The number of hydrogen-bond donors (Lipinski definition) is 3. The van der Waals surface area contributed by atoms with Crippen molar-refractivity contribution in [2.75, 3.05) is 18.4 Å². The van der Waals surface area contributed by atoms with Crippen molar-refractivity contribution in [1.82, 2.24) is 5.32 Å². The van der Waals surface area contributed by atoms with Gasteiger partial charge < -0.3 is 15.7 Å². The summed E-state index contributed by atoms with van der Waals surface area (Å²) in [6, 6.07) is 2.96. The number of benzene rings is 1. The summed E-state index contributed by atoms with van der Waals surface area (Å²) in [6.45, 7) is 1.85. The topological polar surface area (TPSA) is 61.4 Å². The summed E-state index contributed by atoms with van der Waals surface area (Å²) >= 11 is 11.6. The second kappa shape index (κ2) is 7.20. The average molecular weight is 326 g/mol. The minimum absolute atomic E-state index is 0. The number of amides is 1. The predicted octanol–water partition coefficient (Wildman–Crippen LogP) is 3.06. The van der Waals surface area contributed by atoms with Crippen LogP contribution in [0.4, 0.5) is 5.69 Å². The fourth-order valence-electron chi connectivity index (χ4n) is 2.00. The van der Waals surface area contributed by atoms with Gasteiger partial charge in [-0.1, -0.05) is 23.2 Å². The van der Waals surface area contributed by atoms with Crippen LogP contribution in [0.2, 0.25) is 10.0 Å². The second-order valence-electron chi connectivity index (χ2n) is 4.40. The van der Waals surface area contributed by atoms with Gasteiger partial charge in [0.2, 0.25) is 5.91 Å². The van der Waals surface area contributed by atoms with Crippen molar-refractivity contribution in [3.8, 4) is 5.75 Å². The van der Waals surface area contributed by atoms with E-state index in [9.17, 15) is 9.90 Å². The largest absolute Gasteiger partial charge is 0.505 e. The van der Waals surface area contributed by atoms with Crippen LogP contribution < -0.4 is 10.6 Å². The molecule has 106 valence electrons. The standard InChI is InChI=1S/C12H14Cl2N2O2.ClH/c13-9-4-8(5-10(14)12(9)18)16-11(17)3-7-1-2-15-6-7;/h4-5,7,15,18H,1-3,6H2,(H,16,17);1H. The molecule has 4 nitrogen and oxygen atoms in total. The molecule has 1 amide bonds. The number of aromatic hydroxyl groups is 1. The van der Waals surface area contributed by atoms with Gasteiger partial charge in [-0.25, -0.2) is 0 Å². The zero-order chi connectivity index (χ0) is 13.1. The molecule has 0 spiro atoms. The molecule has 1 aromatic carbocycles. The van der Waals surface area contributed by atoms with E-state index in [1.807, 2.05) is 0 Å². The van der Waals surface area contributed by atoms with Gasteiger partial charge in [0.25, 0.3) is 0 Å². The zero-order valence-corrected chi connectivity index (χ0v) is 12.4. The number of phenolic OH excluding ortho intramolecular Hbond substituents is 1. The molecule has 1 aliphatic rings. The highest BCUT2D eigenvalue weighted by atomic mass is 35.5. The molecule has 1 aromatic rings. The lowest BCUT2D eigenvalue weighted by Gasteiger charge is -2.10. The van der Waals surface area contributed by atoms with Crippen molar-refractivity contribution in [3.63, 3.8) is 0 Å². The first-order valence-corrected chi connectivity index (χ1v) is 6.50. The summed E-state index contributed by atoms with van der Waals surface area (Å²) < 4.78 is 0. The maximum Gasteiger partial charge on any atom is 0.224 e. The van der Waals surface area contributed by atoms with E-state index in [2.05, 4.69) is 10.6 Å². The molecule has 0 aliphatic carbocycles. The molecule has 0 saturated carbocycles. The first-order valence-electron chi connectivity index (χ1n) is 5.75. The van der Waals surface area contributed by atoms with Crippen LogP contribution >= 0.6 is 35.6 Å². The maximum absolute atomic E-state index is 11.8. The Morgan fingerprint density at radius 1 is 1.42 bits per heavy atom. The molecule has 2 rings (SSSR count). The average Bonchev–Trinajstić information content (AvgIpc) is 2.78. The predicted molar refractivity (Wildman–Crippen MR) is 79.6 cm³/mol. The molecule has 1 heterocycles. The Morgan fingerprint density at radius 3 is 2.58 bits per heavy atom. The van der Waals surface area contributed by atoms with Crippen LogP contribution in [0.1, 0.15) is 12.8 Å². The highest BCUT2D eigenvalue weighted by molar-refractivity contribution is 6.37. The van der Waals surface area contributed by atoms with Crippen LogP contribution in [0.3, 0.4) is 0 Å². The summed E-state index contributed by atoms with van der Waals surface area (Å²) in [6.07, 6.45) is 1.49. The second-order valence-corrected chi connectivity index (χ2v) is 5.21. The minimum atomic E-state index is -0.170. The lowest BCUT2D eigenvalue weighted by molar-refractivity contribution is -0.116. The Kier molecular flexibility index (Phi) is 6.20. The Morgan fingerprint density at radius 2 is 2.05 bits per heavy atom. The summed E-state index contributed by atoms with van der Waals surface area (Å²) in [7, 11) is 0. The van der Waals surface area contributed by atoms with E-state index in [-0.39, 0.29) is 34.1 Å². The first kappa shape index (κ1) is 16.4.